The number of para-hydroxylation sites is 1. The van der Waals surface area contributed by atoms with E-state index in [1.54, 1.807) is 4.68 Å². The minimum absolute atomic E-state index is 0.0201. The van der Waals surface area contributed by atoms with Gasteiger partial charge in [0.2, 0.25) is 0 Å². The first-order valence-corrected chi connectivity index (χ1v) is 13.5. The van der Waals surface area contributed by atoms with E-state index in [1.807, 2.05) is 86.6 Å². The molecule has 0 saturated heterocycles. The van der Waals surface area contributed by atoms with Crippen LogP contribution < -0.4 is 9.47 Å². The van der Waals surface area contributed by atoms with Gasteiger partial charge in [0.25, 0.3) is 0 Å². The Bertz CT molecular complexity index is 1420. The van der Waals surface area contributed by atoms with Crippen molar-refractivity contribution in [3.8, 4) is 34.0 Å². The lowest BCUT2D eigenvalue weighted by molar-refractivity contribution is -0.136. The van der Waals surface area contributed by atoms with E-state index in [0.717, 1.165) is 33.7 Å². The number of aliphatic carboxylic acids is 1. The number of carbonyl (C=O) groups is 1. The quantitative estimate of drug-likeness (QED) is 0.194. The Morgan fingerprint density at radius 3 is 2.49 bits per heavy atom. The maximum Gasteiger partial charge on any atom is 0.303 e. The molecule has 0 aliphatic rings. The molecule has 4 rings (SSSR count). The van der Waals surface area contributed by atoms with Crippen LogP contribution in [0, 0.1) is 0 Å². The van der Waals surface area contributed by atoms with Crippen molar-refractivity contribution in [1.29, 1.82) is 0 Å². The number of aliphatic hydroxyl groups excluding tert-OH is 1. The summed E-state index contributed by atoms with van der Waals surface area (Å²) < 4.78 is 13.9. The summed E-state index contributed by atoms with van der Waals surface area (Å²) in [5, 5.41) is 25.2. The molecule has 0 bridgehead atoms. The van der Waals surface area contributed by atoms with Crippen molar-refractivity contribution in [3.05, 3.63) is 88.9 Å². The van der Waals surface area contributed by atoms with Crippen LogP contribution in [0.4, 0.5) is 0 Å². The van der Waals surface area contributed by atoms with E-state index in [1.165, 1.54) is 0 Å². The number of carboxylic acid groups (broad SMARTS) is 1. The topological polar surface area (TPSA) is 93.8 Å². The Morgan fingerprint density at radius 2 is 1.74 bits per heavy atom. The third-order valence-corrected chi connectivity index (χ3v) is 6.56. The van der Waals surface area contributed by atoms with Crippen molar-refractivity contribution in [2.75, 3.05) is 6.61 Å². The number of nitrogens with zero attached hydrogens (tertiary/aromatic N) is 2. The Morgan fingerprint density at radius 1 is 0.949 bits per heavy atom. The van der Waals surface area contributed by atoms with Crippen molar-refractivity contribution in [2.45, 2.75) is 52.4 Å². The number of benzene rings is 3. The molecular formula is C31H33ClN2O5. The van der Waals surface area contributed by atoms with Crippen molar-refractivity contribution in [2.24, 2.45) is 0 Å². The molecule has 0 aliphatic heterocycles. The van der Waals surface area contributed by atoms with Crippen LogP contribution in [-0.4, -0.2) is 38.7 Å². The molecule has 1 atom stereocenters. The Balaban J connectivity index is 1.79. The molecule has 7 nitrogen and oxygen atoms in total. The molecule has 2 N–H and O–H groups in total. The average molecular weight is 549 g/mol. The van der Waals surface area contributed by atoms with Gasteiger partial charge in [-0.15, -0.1) is 0 Å². The molecule has 8 heteroatoms. The number of hydrogen-bond acceptors (Lipinski definition) is 5. The number of hydrogen-bond donors (Lipinski definition) is 2. The summed E-state index contributed by atoms with van der Waals surface area (Å²) in [5.41, 5.74) is 4.84. The zero-order valence-corrected chi connectivity index (χ0v) is 22.9. The number of aryl methyl sites for hydroxylation is 1. The summed E-state index contributed by atoms with van der Waals surface area (Å²) in [6.45, 7) is 4.99. The molecule has 1 heterocycles. The highest BCUT2D eigenvalue weighted by Crippen LogP contribution is 2.37. The van der Waals surface area contributed by atoms with Crippen molar-refractivity contribution >= 4 is 17.6 Å². The molecule has 0 spiro atoms. The van der Waals surface area contributed by atoms with Gasteiger partial charge in [-0.05, 0) is 73.4 Å². The van der Waals surface area contributed by atoms with Crippen molar-refractivity contribution in [3.63, 3.8) is 0 Å². The smallest absolute Gasteiger partial charge is 0.303 e. The zero-order chi connectivity index (χ0) is 27.8. The molecule has 0 unspecified atom stereocenters. The summed E-state index contributed by atoms with van der Waals surface area (Å²) in [7, 11) is 0. The van der Waals surface area contributed by atoms with E-state index in [9.17, 15) is 15.0 Å². The van der Waals surface area contributed by atoms with Crippen LogP contribution in [0.2, 0.25) is 5.02 Å². The second kappa shape index (κ2) is 13.3. The predicted molar refractivity (Wildman–Crippen MR) is 152 cm³/mol. The van der Waals surface area contributed by atoms with Crippen LogP contribution in [0.15, 0.2) is 72.8 Å². The summed E-state index contributed by atoms with van der Waals surface area (Å²) in [4.78, 5) is 11.2. The molecule has 3 aromatic carbocycles. The third-order valence-electron chi connectivity index (χ3n) is 6.33. The molecule has 4 aromatic rings. The summed E-state index contributed by atoms with van der Waals surface area (Å²) >= 11 is 6.15. The first kappa shape index (κ1) is 28.2. The Hall–Kier alpha value is -3.81. The van der Waals surface area contributed by atoms with E-state index < -0.39 is 12.1 Å². The Labute approximate surface area is 233 Å². The summed E-state index contributed by atoms with van der Waals surface area (Å²) in [5.74, 6) is 0.483. The fraction of sp³-hybridized carbons (Fsp3) is 0.290. The maximum absolute atomic E-state index is 11.2. The lowest BCUT2D eigenvalue weighted by Gasteiger charge is -2.14. The molecule has 39 heavy (non-hydrogen) atoms. The van der Waals surface area contributed by atoms with Crippen LogP contribution in [0.5, 0.6) is 11.5 Å². The summed E-state index contributed by atoms with van der Waals surface area (Å²) in [6, 6.07) is 22.9. The number of aliphatic hydroxyl groups is 1. The van der Waals surface area contributed by atoms with E-state index >= 15 is 0 Å². The number of rotatable bonds is 13. The molecule has 0 saturated carbocycles. The van der Waals surface area contributed by atoms with E-state index in [4.69, 9.17) is 26.2 Å². The standard InChI is InChI=1S/C31H33ClN2O5/c1-3-24(35)19-34-28(25-10-5-6-11-29(25)38-4-2)18-27(33-34)26-17-21(13-15-31(36)37)12-14-30(26)39-20-22-8-7-9-23(32)16-22/h5-12,14,16-18,24,35H,3-4,13,15,19-20H2,1-2H3,(H,36,37)/t24-/m1/s1. The SMILES string of the molecule is CCOc1ccccc1-c1cc(-c2cc(CCC(=O)O)ccc2OCc2cccc(Cl)c2)nn1C[C@H](O)CC. The second-order valence-electron chi connectivity index (χ2n) is 9.23. The molecule has 0 aliphatic carbocycles. The third kappa shape index (κ3) is 7.40. The minimum Gasteiger partial charge on any atom is -0.493 e. The molecular weight excluding hydrogens is 516 g/mol. The van der Waals surface area contributed by atoms with Gasteiger partial charge in [-0.3, -0.25) is 9.48 Å². The molecule has 0 radical (unpaired) electrons. The van der Waals surface area contributed by atoms with E-state index in [0.29, 0.717) is 49.1 Å². The highest BCUT2D eigenvalue weighted by molar-refractivity contribution is 6.30. The number of halogens is 1. The van der Waals surface area contributed by atoms with Gasteiger partial charge in [0.1, 0.15) is 18.1 Å². The van der Waals surface area contributed by atoms with Gasteiger partial charge in [-0.1, -0.05) is 48.9 Å². The monoisotopic (exact) mass is 548 g/mol. The second-order valence-corrected chi connectivity index (χ2v) is 9.67. The lowest BCUT2D eigenvalue weighted by atomic mass is 10.0. The minimum atomic E-state index is -0.856. The van der Waals surface area contributed by atoms with Gasteiger partial charge in [0, 0.05) is 22.6 Å². The normalized spacial score (nSPS) is 11.8. The van der Waals surface area contributed by atoms with Gasteiger partial charge in [0.15, 0.2) is 0 Å². The van der Waals surface area contributed by atoms with Crippen LogP contribution in [-0.2, 0) is 24.4 Å². The number of ether oxygens (including phenoxy) is 2. The van der Waals surface area contributed by atoms with Crippen molar-refractivity contribution in [1.82, 2.24) is 9.78 Å². The van der Waals surface area contributed by atoms with Crippen LogP contribution >= 0.6 is 11.6 Å². The van der Waals surface area contributed by atoms with Gasteiger partial charge in [-0.25, -0.2) is 0 Å². The predicted octanol–water partition coefficient (Wildman–Crippen LogP) is 6.64. The summed E-state index contributed by atoms with van der Waals surface area (Å²) in [6.07, 6.45) is 0.412. The maximum atomic E-state index is 11.2. The molecule has 0 amide bonds. The van der Waals surface area contributed by atoms with Gasteiger partial charge in [-0.2, -0.15) is 5.10 Å². The van der Waals surface area contributed by atoms with Gasteiger partial charge in [0.05, 0.1) is 30.6 Å². The Kier molecular flexibility index (Phi) is 9.63. The first-order valence-electron chi connectivity index (χ1n) is 13.1. The molecule has 1 aromatic heterocycles. The van der Waals surface area contributed by atoms with Gasteiger partial charge >= 0.3 is 5.97 Å². The lowest BCUT2D eigenvalue weighted by Crippen LogP contribution is -2.16. The number of carboxylic acids is 1. The van der Waals surface area contributed by atoms with Crippen LogP contribution in [0.25, 0.3) is 22.5 Å². The average Bonchev–Trinajstić information content (AvgIpc) is 3.34. The highest BCUT2D eigenvalue weighted by Gasteiger charge is 2.20. The fourth-order valence-corrected chi connectivity index (χ4v) is 4.50. The van der Waals surface area contributed by atoms with Crippen LogP contribution in [0.3, 0.4) is 0 Å². The highest BCUT2D eigenvalue weighted by atomic mass is 35.5. The van der Waals surface area contributed by atoms with Crippen molar-refractivity contribution < 1.29 is 24.5 Å². The first-order chi connectivity index (χ1) is 18.9. The fourth-order valence-electron chi connectivity index (χ4n) is 4.29. The zero-order valence-electron chi connectivity index (χ0n) is 22.1. The van der Waals surface area contributed by atoms with E-state index in [-0.39, 0.29) is 6.42 Å². The number of aromatic nitrogens is 2. The van der Waals surface area contributed by atoms with Gasteiger partial charge < -0.3 is 19.7 Å². The molecule has 0 fully saturated rings. The van der Waals surface area contributed by atoms with E-state index in [2.05, 4.69) is 0 Å². The largest absolute Gasteiger partial charge is 0.493 e. The van der Waals surface area contributed by atoms with Crippen LogP contribution in [0.1, 0.15) is 37.8 Å². The molecule has 204 valence electrons.